The highest BCUT2D eigenvalue weighted by Crippen LogP contribution is 2.44. The van der Waals surface area contributed by atoms with Crippen LogP contribution in [0.1, 0.15) is 33.7 Å². The molecule has 1 saturated heterocycles. The normalized spacial score (nSPS) is 15.2. The maximum Gasteiger partial charge on any atom is 0.409 e. The molecule has 0 radical (unpaired) electrons. The van der Waals surface area contributed by atoms with Crippen LogP contribution in [0.3, 0.4) is 0 Å². The van der Waals surface area contributed by atoms with Crippen LogP contribution in [0.25, 0.3) is 11.1 Å². The molecule has 0 spiro atoms. The van der Waals surface area contributed by atoms with Crippen molar-refractivity contribution in [2.75, 3.05) is 37.7 Å². The van der Waals surface area contributed by atoms with Crippen LogP contribution < -0.4 is 4.90 Å². The molecule has 2 aliphatic rings. The van der Waals surface area contributed by atoms with E-state index in [1.165, 1.54) is 17.2 Å². The molecular formula is C29H27FN2O4S. The van der Waals surface area contributed by atoms with Crippen LogP contribution in [-0.2, 0) is 20.7 Å². The van der Waals surface area contributed by atoms with E-state index in [0.717, 1.165) is 22.4 Å². The van der Waals surface area contributed by atoms with Gasteiger partial charge in [0.1, 0.15) is 12.4 Å². The molecular weight excluding hydrogens is 491 g/mol. The molecule has 190 valence electrons. The van der Waals surface area contributed by atoms with Gasteiger partial charge in [-0.25, -0.2) is 4.79 Å². The fraction of sp³-hybridized carbons (Fsp3) is 0.276. The number of fused-ring (bicyclic) bond motifs is 3. The predicted molar refractivity (Wildman–Crippen MR) is 142 cm³/mol. The molecule has 6 nitrogen and oxygen atoms in total. The average Bonchev–Trinajstić information content (AvgIpc) is 3.21. The van der Waals surface area contributed by atoms with Crippen LogP contribution in [-0.4, -0.2) is 52.2 Å². The van der Waals surface area contributed by atoms with E-state index < -0.39 is 16.0 Å². The van der Waals surface area contributed by atoms with Crippen LogP contribution in [0.5, 0.6) is 0 Å². The second kappa shape index (κ2) is 9.91. The van der Waals surface area contributed by atoms with Gasteiger partial charge in [0.25, 0.3) is 0 Å². The average molecular weight is 519 g/mol. The van der Waals surface area contributed by atoms with Crippen molar-refractivity contribution in [3.05, 3.63) is 88.5 Å². The number of amides is 1. The van der Waals surface area contributed by atoms with E-state index in [9.17, 15) is 17.1 Å². The summed E-state index contributed by atoms with van der Waals surface area (Å²) < 4.78 is 41.5. The highest BCUT2D eigenvalue weighted by molar-refractivity contribution is 7.85. The van der Waals surface area contributed by atoms with E-state index in [1.54, 1.807) is 11.0 Å². The first kappa shape index (κ1) is 24.8. The largest absolute Gasteiger partial charge is 0.448 e. The molecule has 0 saturated carbocycles. The molecule has 0 atom stereocenters. The zero-order valence-corrected chi connectivity index (χ0v) is 21.3. The standard InChI is InChI=1S/C29H27FN2O4S/c1-3-22-16-21(19-37(30,34)35)17-28(20(22)2)31-12-14-32(15-13-31)29(33)36-18-27-25-10-6-4-8-23(25)24-9-5-7-11-26(24)27/h1,4-11,16-17,27H,12-15,18-19H2,2H3. The van der Waals surface area contributed by atoms with E-state index in [0.29, 0.717) is 37.3 Å². The maximum absolute atomic E-state index is 13.3. The van der Waals surface area contributed by atoms with E-state index in [-0.39, 0.29) is 18.6 Å². The van der Waals surface area contributed by atoms with Gasteiger partial charge in [-0.3, -0.25) is 0 Å². The summed E-state index contributed by atoms with van der Waals surface area (Å²) in [6.07, 6.45) is 5.25. The lowest BCUT2D eigenvalue weighted by Crippen LogP contribution is -2.49. The van der Waals surface area contributed by atoms with Crippen molar-refractivity contribution in [3.8, 4) is 23.5 Å². The fourth-order valence-electron chi connectivity index (χ4n) is 5.33. The molecule has 0 bridgehead atoms. The van der Waals surface area contributed by atoms with Crippen molar-refractivity contribution in [1.29, 1.82) is 0 Å². The van der Waals surface area contributed by atoms with Crippen molar-refractivity contribution in [2.24, 2.45) is 0 Å². The fourth-order valence-corrected chi connectivity index (χ4v) is 5.90. The van der Waals surface area contributed by atoms with Gasteiger partial charge in [-0.1, -0.05) is 54.5 Å². The van der Waals surface area contributed by atoms with Crippen molar-refractivity contribution in [1.82, 2.24) is 4.90 Å². The number of anilines is 1. The summed E-state index contributed by atoms with van der Waals surface area (Å²) in [4.78, 5) is 16.7. The summed E-state index contributed by atoms with van der Waals surface area (Å²) >= 11 is 0. The van der Waals surface area contributed by atoms with Gasteiger partial charge in [0.05, 0.1) is 0 Å². The van der Waals surface area contributed by atoms with Crippen molar-refractivity contribution in [3.63, 3.8) is 0 Å². The van der Waals surface area contributed by atoms with Gasteiger partial charge in [-0.05, 0) is 52.4 Å². The van der Waals surface area contributed by atoms with Crippen LogP contribution in [0.2, 0.25) is 0 Å². The second-order valence-electron chi connectivity index (χ2n) is 9.39. The molecule has 0 aromatic heterocycles. The van der Waals surface area contributed by atoms with Crippen LogP contribution in [0.4, 0.5) is 14.4 Å². The third-order valence-corrected chi connectivity index (χ3v) is 7.83. The number of terminal acetylenes is 1. The highest BCUT2D eigenvalue weighted by Gasteiger charge is 2.30. The van der Waals surface area contributed by atoms with Gasteiger partial charge >= 0.3 is 16.3 Å². The minimum Gasteiger partial charge on any atom is -0.448 e. The molecule has 1 aliphatic carbocycles. The number of piperazine rings is 1. The molecule has 3 aromatic rings. The first-order valence-corrected chi connectivity index (χ1v) is 13.7. The molecule has 1 fully saturated rings. The van der Waals surface area contributed by atoms with Crippen LogP contribution in [0, 0.1) is 19.3 Å². The Balaban J connectivity index is 1.25. The van der Waals surface area contributed by atoms with Gasteiger partial charge in [-0.15, -0.1) is 10.3 Å². The van der Waals surface area contributed by atoms with Gasteiger partial charge in [0, 0.05) is 43.3 Å². The number of ether oxygens (including phenoxy) is 1. The number of carbonyl (C=O) groups excluding carboxylic acids is 1. The predicted octanol–water partition coefficient (Wildman–Crippen LogP) is 4.85. The summed E-state index contributed by atoms with van der Waals surface area (Å²) in [5, 5.41) is 0. The number of nitrogens with zero attached hydrogens (tertiary/aromatic N) is 2. The van der Waals surface area contributed by atoms with E-state index in [2.05, 4.69) is 30.2 Å². The third-order valence-electron chi connectivity index (χ3n) is 7.15. The number of halogens is 1. The Morgan fingerprint density at radius 3 is 2.19 bits per heavy atom. The molecule has 0 unspecified atom stereocenters. The molecule has 1 heterocycles. The van der Waals surface area contributed by atoms with Gasteiger partial charge in [0.15, 0.2) is 0 Å². The van der Waals surface area contributed by atoms with Crippen LogP contribution in [0.15, 0.2) is 60.7 Å². The Morgan fingerprint density at radius 1 is 1.03 bits per heavy atom. The first-order valence-electron chi connectivity index (χ1n) is 12.1. The number of hydrogen-bond acceptors (Lipinski definition) is 5. The minimum atomic E-state index is -4.69. The zero-order valence-electron chi connectivity index (χ0n) is 20.5. The van der Waals surface area contributed by atoms with Crippen molar-refractivity contribution < 1.29 is 21.8 Å². The topological polar surface area (TPSA) is 66.9 Å². The van der Waals surface area contributed by atoms with Gasteiger partial charge in [0.2, 0.25) is 0 Å². The quantitative estimate of drug-likeness (QED) is 0.357. The first-order chi connectivity index (χ1) is 17.7. The Morgan fingerprint density at radius 2 is 1.62 bits per heavy atom. The SMILES string of the molecule is C#Cc1cc(CS(=O)(=O)F)cc(N2CCN(C(=O)OCC3c4ccccc4-c4ccccc43)CC2)c1C. The monoisotopic (exact) mass is 518 g/mol. The van der Waals surface area contributed by atoms with Gasteiger partial charge < -0.3 is 14.5 Å². The summed E-state index contributed by atoms with van der Waals surface area (Å²) in [7, 11) is -4.69. The molecule has 37 heavy (non-hydrogen) atoms. The molecule has 1 aliphatic heterocycles. The van der Waals surface area contributed by atoms with E-state index in [1.807, 2.05) is 36.1 Å². The molecule has 0 N–H and O–H groups in total. The van der Waals surface area contributed by atoms with E-state index >= 15 is 0 Å². The molecule has 3 aromatic carbocycles. The molecule has 1 amide bonds. The maximum atomic E-state index is 13.3. The highest BCUT2D eigenvalue weighted by atomic mass is 32.3. The lowest BCUT2D eigenvalue weighted by Gasteiger charge is -2.36. The molecule has 5 rings (SSSR count). The summed E-state index contributed by atoms with van der Waals surface area (Å²) in [6.45, 7) is 4.02. The Kier molecular flexibility index (Phi) is 6.65. The number of rotatable bonds is 5. The summed E-state index contributed by atoms with van der Waals surface area (Å²) in [6, 6.07) is 19.6. The summed E-state index contributed by atoms with van der Waals surface area (Å²) in [5.41, 5.74) is 7.07. The Bertz CT molecular complexity index is 1460. The smallest absolute Gasteiger partial charge is 0.409 e. The number of benzene rings is 3. The van der Waals surface area contributed by atoms with Crippen LogP contribution >= 0.6 is 0 Å². The number of hydrogen-bond donors (Lipinski definition) is 0. The summed E-state index contributed by atoms with van der Waals surface area (Å²) in [5.74, 6) is 1.83. The van der Waals surface area contributed by atoms with Crippen molar-refractivity contribution >= 4 is 22.0 Å². The second-order valence-corrected chi connectivity index (χ2v) is 10.8. The third kappa shape index (κ3) is 5.05. The van der Waals surface area contributed by atoms with Gasteiger partial charge in [-0.2, -0.15) is 8.42 Å². The number of carbonyl (C=O) groups is 1. The lowest BCUT2D eigenvalue weighted by molar-refractivity contribution is 0.0977. The Labute approximate surface area is 216 Å². The van der Waals surface area contributed by atoms with Crippen molar-refractivity contribution in [2.45, 2.75) is 18.6 Å². The Hall–Kier alpha value is -3.83. The zero-order chi connectivity index (χ0) is 26.2. The lowest BCUT2D eigenvalue weighted by atomic mass is 9.98. The minimum absolute atomic E-state index is 0.00278. The van der Waals surface area contributed by atoms with E-state index in [4.69, 9.17) is 11.2 Å². The molecule has 8 heteroatoms.